The molecule has 0 saturated carbocycles. The molecular weight excluding hydrogens is 290 g/mol. The second-order valence-electron chi connectivity index (χ2n) is 5.32. The molecule has 2 rings (SSSR count). The molecule has 5 nitrogen and oxygen atoms in total. The lowest BCUT2D eigenvalue weighted by atomic mass is 9.92. The maximum Gasteiger partial charge on any atom is 0.240 e. The van der Waals surface area contributed by atoms with Gasteiger partial charge in [0.15, 0.2) is 0 Å². The zero-order valence-corrected chi connectivity index (χ0v) is 13.2. The van der Waals surface area contributed by atoms with Crippen LogP contribution in [0.4, 0.5) is 0 Å². The lowest BCUT2D eigenvalue weighted by Crippen LogP contribution is -2.53. The number of fused-ring (bicyclic) bond motifs is 1. The summed E-state index contributed by atoms with van der Waals surface area (Å²) in [6.45, 7) is 2.90. The highest BCUT2D eigenvalue weighted by atomic mass is 35.5. The third-order valence-electron chi connectivity index (χ3n) is 3.79. The van der Waals surface area contributed by atoms with E-state index in [1.807, 2.05) is 31.2 Å². The minimum atomic E-state index is -0.545. The molecule has 0 bridgehead atoms. The van der Waals surface area contributed by atoms with Crippen molar-refractivity contribution in [1.82, 2.24) is 10.2 Å². The van der Waals surface area contributed by atoms with Crippen LogP contribution in [0, 0.1) is 5.92 Å². The van der Waals surface area contributed by atoms with Crippen LogP contribution in [0.5, 0.6) is 0 Å². The van der Waals surface area contributed by atoms with Crippen molar-refractivity contribution in [3.63, 3.8) is 0 Å². The van der Waals surface area contributed by atoms with Crippen molar-refractivity contribution in [2.75, 3.05) is 13.6 Å². The van der Waals surface area contributed by atoms with E-state index in [2.05, 4.69) is 5.32 Å². The van der Waals surface area contributed by atoms with E-state index in [1.165, 1.54) is 0 Å². The third kappa shape index (κ3) is 3.74. The Kier molecular flexibility index (Phi) is 6.18. The third-order valence-corrected chi connectivity index (χ3v) is 3.79. The number of amides is 2. The molecule has 1 heterocycles. The summed E-state index contributed by atoms with van der Waals surface area (Å²) < 4.78 is 0. The van der Waals surface area contributed by atoms with Crippen molar-refractivity contribution in [3.8, 4) is 0 Å². The number of halogens is 1. The van der Waals surface area contributed by atoms with Crippen LogP contribution >= 0.6 is 12.4 Å². The van der Waals surface area contributed by atoms with Gasteiger partial charge in [0.25, 0.3) is 0 Å². The summed E-state index contributed by atoms with van der Waals surface area (Å²) in [6, 6.07) is 7.33. The van der Waals surface area contributed by atoms with Gasteiger partial charge in [-0.3, -0.25) is 9.59 Å². The fourth-order valence-corrected chi connectivity index (χ4v) is 2.69. The van der Waals surface area contributed by atoms with Crippen LogP contribution in [0.1, 0.15) is 18.1 Å². The molecule has 0 spiro atoms. The first-order valence-corrected chi connectivity index (χ1v) is 6.85. The monoisotopic (exact) mass is 311 g/mol. The standard InChI is InChI=1S/C15H21N3O2.ClH/c1-10(8-17-2)15(20)18-9-12-6-4-3-5-11(12)7-13(18)14(16)19;/h3-6,10,13,17H,7-9H2,1-2H3,(H2,16,19);1H. The summed E-state index contributed by atoms with van der Waals surface area (Å²) in [5.74, 6) is -0.644. The molecule has 1 aliphatic rings. The molecular formula is C15H22ClN3O2. The predicted octanol–water partition coefficient (Wildman–Crippen LogP) is 0.702. The highest BCUT2D eigenvalue weighted by Gasteiger charge is 2.34. The van der Waals surface area contributed by atoms with Gasteiger partial charge in [-0.15, -0.1) is 12.4 Å². The number of nitrogens with two attached hydrogens (primary N) is 1. The van der Waals surface area contributed by atoms with Crippen molar-refractivity contribution in [2.24, 2.45) is 11.7 Å². The molecule has 3 N–H and O–H groups in total. The number of carbonyl (C=O) groups is 2. The Morgan fingerprint density at radius 2 is 2.00 bits per heavy atom. The first kappa shape index (κ1) is 17.5. The number of hydrogen-bond acceptors (Lipinski definition) is 3. The largest absolute Gasteiger partial charge is 0.368 e. The van der Waals surface area contributed by atoms with E-state index in [9.17, 15) is 9.59 Å². The lowest BCUT2D eigenvalue weighted by Gasteiger charge is -2.36. The van der Waals surface area contributed by atoms with Gasteiger partial charge in [0.05, 0.1) is 0 Å². The SMILES string of the molecule is CNCC(C)C(=O)N1Cc2ccccc2CC1C(N)=O.Cl. The summed E-state index contributed by atoms with van der Waals surface area (Å²) >= 11 is 0. The van der Waals surface area contributed by atoms with E-state index in [1.54, 1.807) is 11.9 Å². The van der Waals surface area contributed by atoms with Crippen molar-refractivity contribution >= 4 is 24.2 Å². The minimum Gasteiger partial charge on any atom is -0.368 e. The van der Waals surface area contributed by atoms with Crippen LogP contribution in [-0.2, 0) is 22.6 Å². The fraction of sp³-hybridized carbons (Fsp3) is 0.467. The fourth-order valence-electron chi connectivity index (χ4n) is 2.69. The Hall–Kier alpha value is -1.59. The quantitative estimate of drug-likeness (QED) is 0.859. The van der Waals surface area contributed by atoms with E-state index in [0.29, 0.717) is 19.5 Å². The molecule has 21 heavy (non-hydrogen) atoms. The Morgan fingerprint density at radius 1 is 1.38 bits per heavy atom. The maximum absolute atomic E-state index is 12.5. The van der Waals surface area contributed by atoms with Gasteiger partial charge in [-0.2, -0.15) is 0 Å². The molecule has 1 aromatic rings. The molecule has 116 valence electrons. The summed E-state index contributed by atoms with van der Waals surface area (Å²) in [4.78, 5) is 25.8. The average molecular weight is 312 g/mol. The lowest BCUT2D eigenvalue weighted by molar-refractivity contribution is -0.143. The van der Waals surface area contributed by atoms with Gasteiger partial charge in [0.2, 0.25) is 11.8 Å². The van der Waals surface area contributed by atoms with Crippen molar-refractivity contribution in [2.45, 2.75) is 25.9 Å². The van der Waals surface area contributed by atoms with E-state index in [-0.39, 0.29) is 24.2 Å². The molecule has 0 aliphatic carbocycles. The average Bonchev–Trinajstić information content (AvgIpc) is 2.45. The summed E-state index contributed by atoms with van der Waals surface area (Å²) in [6.07, 6.45) is 0.503. The summed E-state index contributed by atoms with van der Waals surface area (Å²) in [5.41, 5.74) is 7.67. The summed E-state index contributed by atoms with van der Waals surface area (Å²) in [7, 11) is 1.81. The van der Waals surface area contributed by atoms with Crippen LogP contribution in [0.15, 0.2) is 24.3 Å². The van der Waals surface area contributed by atoms with Gasteiger partial charge in [0.1, 0.15) is 6.04 Å². The number of primary amides is 1. The second-order valence-corrected chi connectivity index (χ2v) is 5.32. The van der Waals surface area contributed by atoms with E-state index in [4.69, 9.17) is 5.73 Å². The smallest absolute Gasteiger partial charge is 0.240 e. The van der Waals surface area contributed by atoms with E-state index < -0.39 is 11.9 Å². The van der Waals surface area contributed by atoms with Crippen LogP contribution in [0.2, 0.25) is 0 Å². The van der Waals surface area contributed by atoms with Gasteiger partial charge in [-0.25, -0.2) is 0 Å². The zero-order chi connectivity index (χ0) is 14.7. The number of rotatable bonds is 4. The van der Waals surface area contributed by atoms with Crippen LogP contribution in [0.25, 0.3) is 0 Å². The first-order chi connectivity index (χ1) is 9.54. The molecule has 2 amide bonds. The van der Waals surface area contributed by atoms with Crippen molar-refractivity contribution < 1.29 is 9.59 Å². The van der Waals surface area contributed by atoms with Gasteiger partial charge in [-0.05, 0) is 18.2 Å². The molecule has 6 heteroatoms. The van der Waals surface area contributed by atoms with Gasteiger partial charge < -0.3 is 16.0 Å². The van der Waals surface area contributed by atoms with Crippen molar-refractivity contribution in [3.05, 3.63) is 35.4 Å². The molecule has 1 aromatic carbocycles. The molecule has 0 fully saturated rings. The van der Waals surface area contributed by atoms with E-state index >= 15 is 0 Å². The number of carbonyl (C=O) groups excluding carboxylic acids is 2. The number of nitrogens with one attached hydrogen (secondary N) is 1. The normalized spacial score (nSPS) is 18.4. The molecule has 1 aliphatic heterocycles. The van der Waals surface area contributed by atoms with E-state index in [0.717, 1.165) is 11.1 Å². The predicted molar refractivity (Wildman–Crippen MR) is 84.0 cm³/mol. The minimum absolute atomic E-state index is 0. The number of benzene rings is 1. The molecule has 2 unspecified atom stereocenters. The van der Waals surface area contributed by atoms with Crippen LogP contribution < -0.4 is 11.1 Å². The zero-order valence-electron chi connectivity index (χ0n) is 12.3. The molecule has 0 radical (unpaired) electrons. The van der Waals surface area contributed by atoms with Gasteiger partial charge in [0, 0.05) is 25.4 Å². The number of nitrogens with zero attached hydrogens (tertiary/aromatic N) is 1. The topological polar surface area (TPSA) is 75.4 Å². The maximum atomic E-state index is 12.5. The van der Waals surface area contributed by atoms with Crippen LogP contribution in [-0.4, -0.2) is 36.3 Å². The van der Waals surface area contributed by atoms with Gasteiger partial charge in [-0.1, -0.05) is 31.2 Å². The second kappa shape index (κ2) is 7.43. The van der Waals surface area contributed by atoms with Crippen molar-refractivity contribution in [1.29, 1.82) is 0 Å². The summed E-state index contributed by atoms with van der Waals surface area (Å²) in [5, 5.41) is 2.99. The Morgan fingerprint density at radius 3 is 2.57 bits per heavy atom. The number of hydrogen-bond donors (Lipinski definition) is 2. The Labute approximate surface area is 131 Å². The molecule has 0 saturated heterocycles. The highest BCUT2D eigenvalue weighted by molar-refractivity contribution is 5.88. The molecule has 2 atom stereocenters. The molecule has 0 aromatic heterocycles. The Bertz CT molecular complexity index is 521. The highest BCUT2D eigenvalue weighted by Crippen LogP contribution is 2.24. The Balaban J connectivity index is 0.00000220. The van der Waals surface area contributed by atoms with Gasteiger partial charge >= 0.3 is 0 Å². The van der Waals surface area contributed by atoms with Crippen LogP contribution in [0.3, 0.4) is 0 Å². The first-order valence-electron chi connectivity index (χ1n) is 6.85.